The van der Waals surface area contributed by atoms with E-state index in [0.29, 0.717) is 17.5 Å². The second-order valence-corrected chi connectivity index (χ2v) is 15.3. The minimum Gasteiger partial charge on any atom is -0.294 e. The summed E-state index contributed by atoms with van der Waals surface area (Å²) < 4.78 is 4.73. The van der Waals surface area contributed by atoms with E-state index in [-0.39, 0.29) is 5.41 Å². The monoisotopic (exact) mass is 697 g/mol. The Morgan fingerprint density at radius 1 is 0.528 bits per heavy atom. The minimum atomic E-state index is -0.339. The van der Waals surface area contributed by atoms with Crippen LogP contribution in [0.15, 0.2) is 152 Å². The number of hydrogen-bond donors (Lipinski definition) is 0. The minimum absolute atomic E-state index is 0.339. The van der Waals surface area contributed by atoms with Gasteiger partial charge in [0.15, 0.2) is 17.5 Å². The number of fused-ring (bicyclic) bond motifs is 9. The van der Waals surface area contributed by atoms with Crippen LogP contribution < -0.4 is 0 Å². The molecule has 0 bridgehead atoms. The maximum absolute atomic E-state index is 5.32. The summed E-state index contributed by atoms with van der Waals surface area (Å²) in [4.78, 5) is 20.6. The number of rotatable bonds is 4. The topological polar surface area (TPSA) is 56.5 Å². The molecule has 0 amide bonds. The van der Waals surface area contributed by atoms with Gasteiger partial charge in [-0.3, -0.25) is 4.57 Å². The van der Waals surface area contributed by atoms with Crippen LogP contribution in [-0.2, 0) is 5.41 Å². The Morgan fingerprint density at radius 3 is 2.09 bits per heavy atom. The molecule has 0 aliphatic heterocycles. The molecule has 4 heterocycles. The van der Waals surface area contributed by atoms with Crippen LogP contribution in [0, 0.1) is 0 Å². The third-order valence-corrected chi connectivity index (χ3v) is 12.1. The van der Waals surface area contributed by atoms with Crippen LogP contribution in [0.25, 0.3) is 93.1 Å². The van der Waals surface area contributed by atoms with Gasteiger partial charge in [0, 0.05) is 64.9 Å². The first-order valence-electron chi connectivity index (χ1n) is 17.9. The van der Waals surface area contributed by atoms with E-state index in [9.17, 15) is 0 Å². The summed E-state index contributed by atoms with van der Waals surface area (Å²) in [5, 5.41) is 4.83. The molecular weight excluding hydrogens is 667 g/mol. The molecule has 0 radical (unpaired) electrons. The van der Waals surface area contributed by atoms with Crippen molar-refractivity contribution in [2.24, 2.45) is 0 Å². The predicted molar refractivity (Wildman–Crippen MR) is 219 cm³/mol. The Hall–Kier alpha value is -6.50. The fraction of sp³-hybridized carbons (Fsp3) is 0.0638. The summed E-state index contributed by atoms with van der Waals surface area (Å²) in [6.45, 7) is 4.65. The lowest BCUT2D eigenvalue weighted by Crippen LogP contribution is -2.17. The van der Waals surface area contributed by atoms with Crippen molar-refractivity contribution >= 4 is 53.4 Å². The first-order chi connectivity index (χ1) is 26.0. The zero-order valence-corrected chi connectivity index (χ0v) is 29.9. The average Bonchev–Trinajstić information content (AvgIpc) is 3.83. The number of benzene rings is 6. The van der Waals surface area contributed by atoms with Crippen molar-refractivity contribution in [3.05, 3.63) is 163 Å². The molecule has 11 rings (SSSR count). The molecule has 0 spiro atoms. The van der Waals surface area contributed by atoms with Gasteiger partial charge in [-0.1, -0.05) is 117 Å². The Morgan fingerprint density at radius 2 is 1.21 bits per heavy atom. The van der Waals surface area contributed by atoms with Crippen LogP contribution in [0.3, 0.4) is 0 Å². The number of thiophene rings is 1. The van der Waals surface area contributed by atoms with Gasteiger partial charge < -0.3 is 0 Å². The number of para-hydroxylation sites is 1. The van der Waals surface area contributed by atoms with Crippen LogP contribution in [0.4, 0.5) is 0 Å². The van der Waals surface area contributed by atoms with Crippen molar-refractivity contribution in [3.63, 3.8) is 0 Å². The molecule has 10 aromatic rings. The van der Waals surface area contributed by atoms with Crippen molar-refractivity contribution in [2.75, 3.05) is 0 Å². The summed E-state index contributed by atoms with van der Waals surface area (Å²) in [5.74, 6) is 2.02. The lowest BCUT2D eigenvalue weighted by molar-refractivity contribution is 0.660. The van der Waals surface area contributed by atoms with Gasteiger partial charge in [0.1, 0.15) is 5.65 Å². The van der Waals surface area contributed by atoms with Crippen LogP contribution in [0.1, 0.15) is 25.0 Å². The predicted octanol–water partition coefficient (Wildman–Crippen LogP) is 12.0. The molecule has 250 valence electrons. The van der Waals surface area contributed by atoms with Crippen LogP contribution in [-0.4, -0.2) is 24.5 Å². The summed E-state index contributed by atoms with van der Waals surface area (Å²) >= 11 is 1.79. The van der Waals surface area contributed by atoms with Gasteiger partial charge in [-0.2, -0.15) is 0 Å². The smallest absolute Gasteiger partial charge is 0.165 e. The molecule has 4 aromatic heterocycles. The van der Waals surface area contributed by atoms with Crippen LogP contribution in [0.2, 0.25) is 0 Å². The highest BCUT2D eigenvalue weighted by molar-refractivity contribution is 7.26. The number of aromatic nitrogens is 5. The summed E-state index contributed by atoms with van der Waals surface area (Å²) in [5.41, 5.74) is 10.8. The highest BCUT2D eigenvalue weighted by atomic mass is 32.1. The molecule has 6 heteroatoms. The van der Waals surface area contributed by atoms with Gasteiger partial charge in [0.25, 0.3) is 0 Å². The molecule has 0 atom stereocenters. The number of nitrogens with zero attached hydrogens (tertiary/aromatic N) is 5. The van der Waals surface area contributed by atoms with Crippen molar-refractivity contribution in [1.29, 1.82) is 0 Å². The standard InChI is InChI=1S/C47H31N5S/c1-47(2)38-27-29(52-39-22-8-6-15-31(39)35-21-12-26-48-46(35)52)24-25-30(38)33-17-10-19-36(41(33)47)44-49-43(28-13-4-3-5-14-28)50-45(51-44)37-20-11-18-34-32-16-7-9-23-40(32)53-42(34)37/h3-27H,1-2H3. The van der Waals surface area contributed by atoms with Gasteiger partial charge in [-0.25, -0.2) is 19.9 Å². The van der Waals surface area contributed by atoms with Crippen molar-refractivity contribution < 1.29 is 0 Å². The molecule has 0 saturated heterocycles. The van der Waals surface area contributed by atoms with Gasteiger partial charge in [0.2, 0.25) is 0 Å². The lowest BCUT2D eigenvalue weighted by Gasteiger charge is -2.24. The van der Waals surface area contributed by atoms with E-state index >= 15 is 0 Å². The molecule has 53 heavy (non-hydrogen) atoms. The molecular formula is C47H31N5S. The quantitative estimate of drug-likeness (QED) is 0.184. The Balaban J connectivity index is 1.11. The fourth-order valence-corrected chi connectivity index (χ4v) is 9.72. The Kier molecular flexibility index (Phi) is 6.40. The molecule has 0 fully saturated rings. The highest BCUT2D eigenvalue weighted by Gasteiger charge is 2.39. The van der Waals surface area contributed by atoms with Crippen molar-refractivity contribution in [1.82, 2.24) is 24.5 Å². The lowest BCUT2D eigenvalue weighted by atomic mass is 9.80. The summed E-state index contributed by atoms with van der Waals surface area (Å²) in [6, 6.07) is 51.5. The largest absolute Gasteiger partial charge is 0.294 e. The average molecular weight is 698 g/mol. The number of pyridine rings is 1. The van der Waals surface area contributed by atoms with Crippen molar-refractivity contribution in [3.8, 4) is 51.0 Å². The highest BCUT2D eigenvalue weighted by Crippen LogP contribution is 2.53. The normalized spacial score (nSPS) is 13.2. The summed E-state index contributed by atoms with van der Waals surface area (Å²) in [7, 11) is 0. The molecule has 1 aliphatic carbocycles. The summed E-state index contributed by atoms with van der Waals surface area (Å²) in [6.07, 6.45) is 1.88. The van der Waals surface area contributed by atoms with E-state index in [0.717, 1.165) is 38.9 Å². The third-order valence-electron chi connectivity index (χ3n) is 10.9. The molecule has 0 N–H and O–H groups in total. The van der Waals surface area contributed by atoms with Crippen molar-refractivity contribution in [2.45, 2.75) is 19.3 Å². The van der Waals surface area contributed by atoms with Gasteiger partial charge >= 0.3 is 0 Å². The fourth-order valence-electron chi connectivity index (χ4n) is 8.51. The zero-order valence-electron chi connectivity index (χ0n) is 29.1. The molecule has 1 aliphatic rings. The molecule has 0 saturated carbocycles. The third kappa shape index (κ3) is 4.42. The first-order valence-corrected chi connectivity index (χ1v) is 18.7. The maximum Gasteiger partial charge on any atom is 0.165 e. The maximum atomic E-state index is 5.32. The van der Waals surface area contributed by atoms with E-state index in [2.05, 4.69) is 140 Å². The van der Waals surface area contributed by atoms with Gasteiger partial charge in [-0.05, 0) is 64.7 Å². The molecule has 0 unspecified atom stereocenters. The second-order valence-electron chi connectivity index (χ2n) is 14.3. The second kappa shape index (κ2) is 11.2. The number of hydrogen-bond acceptors (Lipinski definition) is 5. The van der Waals surface area contributed by atoms with E-state index in [4.69, 9.17) is 19.9 Å². The van der Waals surface area contributed by atoms with Crippen LogP contribution in [0.5, 0.6) is 0 Å². The van der Waals surface area contributed by atoms with E-state index in [1.54, 1.807) is 11.3 Å². The van der Waals surface area contributed by atoms with E-state index < -0.39 is 0 Å². The Labute approximate surface area is 309 Å². The van der Waals surface area contributed by atoms with Crippen LogP contribution >= 0.6 is 11.3 Å². The van der Waals surface area contributed by atoms with Gasteiger partial charge in [0.05, 0.1) is 5.52 Å². The first kappa shape index (κ1) is 30.2. The van der Waals surface area contributed by atoms with E-state index in [1.165, 1.54) is 47.8 Å². The Bertz CT molecular complexity index is 3050. The molecule has 5 nitrogen and oxygen atoms in total. The molecule has 6 aromatic carbocycles. The van der Waals surface area contributed by atoms with E-state index in [1.807, 2.05) is 30.5 Å². The zero-order chi connectivity index (χ0) is 35.3. The SMILES string of the molecule is CC1(C)c2cc(-n3c4ccccc4c4cccnc43)ccc2-c2cccc(-c3nc(-c4ccccc4)nc(-c4cccc5c4sc4ccccc45)n3)c21. The van der Waals surface area contributed by atoms with Gasteiger partial charge in [-0.15, -0.1) is 11.3 Å².